The Morgan fingerprint density at radius 2 is 1.91 bits per heavy atom. The Bertz CT molecular complexity index is 1140. The van der Waals surface area contributed by atoms with E-state index in [1.807, 2.05) is 25.1 Å². The molecule has 0 aliphatic carbocycles. The van der Waals surface area contributed by atoms with Crippen LogP contribution in [0.5, 0.6) is 5.75 Å². The Hall–Kier alpha value is -2.09. The van der Waals surface area contributed by atoms with Gasteiger partial charge in [0.05, 0.1) is 40.9 Å². The highest BCUT2D eigenvalue weighted by Gasteiger charge is 2.23. The number of methoxy groups -OCH3 is 1. The smallest absolute Gasteiger partial charge is 0.264 e. The van der Waals surface area contributed by atoms with Crippen molar-refractivity contribution in [3.63, 3.8) is 0 Å². The van der Waals surface area contributed by atoms with E-state index in [0.717, 1.165) is 67.2 Å². The fourth-order valence-corrected chi connectivity index (χ4v) is 4.64. The molecule has 1 aliphatic rings. The minimum Gasteiger partial charge on any atom is -0.491 e. The molecule has 0 atom stereocenters. The molecular formula is C25H28Cl2N2O4. The van der Waals surface area contributed by atoms with Gasteiger partial charge in [-0.25, -0.2) is 0 Å². The highest BCUT2D eigenvalue weighted by Crippen LogP contribution is 2.33. The van der Waals surface area contributed by atoms with Crippen LogP contribution in [0.3, 0.4) is 0 Å². The van der Waals surface area contributed by atoms with Crippen LogP contribution in [0, 0.1) is 6.92 Å². The molecule has 3 aromatic rings. The summed E-state index contributed by atoms with van der Waals surface area (Å²) >= 11 is 12.6. The third-order valence-electron chi connectivity index (χ3n) is 6.03. The van der Waals surface area contributed by atoms with Gasteiger partial charge in [-0.1, -0.05) is 29.3 Å². The van der Waals surface area contributed by atoms with E-state index in [4.69, 9.17) is 37.4 Å². The standard InChI is InChI=1S/C25H28Cl2N2O4/c1-17-19(8-9-28-10-12-32-13-11-28)21-16-18(33-15-14-31-2)6-7-23(21)29(17)25(30)20-4-3-5-22(26)24(20)27/h3-7,16H,8-15H2,1-2H3. The van der Waals surface area contributed by atoms with Crippen molar-refractivity contribution in [2.45, 2.75) is 13.3 Å². The summed E-state index contributed by atoms with van der Waals surface area (Å²) in [4.78, 5) is 16.0. The Morgan fingerprint density at radius 3 is 2.67 bits per heavy atom. The first-order valence-electron chi connectivity index (χ1n) is 11.1. The molecule has 6 nitrogen and oxygen atoms in total. The molecule has 2 heterocycles. The summed E-state index contributed by atoms with van der Waals surface area (Å²) in [7, 11) is 1.65. The number of rotatable bonds is 8. The zero-order valence-corrected chi connectivity index (χ0v) is 20.4. The average Bonchev–Trinajstić information content (AvgIpc) is 3.10. The molecule has 0 unspecified atom stereocenters. The zero-order valence-electron chi connectivity index (χ0n) is 18.9. The monoisotopic (exact) mass is 490 g/mol. The van der Waals surface area contributed by atoms with Gasteiger partial charge in [0.2, 0.25) is 0 Å². The maximum atomic E-state index is 13.6. The second-order valence-corrected chi connectivity index (χ2v) is 8.82. The molecule has 176 valence electrons. The van der Waals surface area contributed by atoms with Crippen LogP contribution >= 0.6 is 23.2 Å². The molecule has 33 heavy (non-hydrogen) atoms. The highest BCUT2D eigenvalue weighted by molar-refractivity contribution is 6.44. The summed E-state index contributed by atoms with van der Waals surface area (Å²) in [5, 5.41) is 1.62. The van der Waals surface area contributed by atoms with Crippen molar-refractivity contribution in [3.05, 3.63) is 63.3 Å². The number of ether oxygens (including phenoxy) is 3. The third kappa shape index (κ3) is 5.20. The molecule has 1 aromatic heterocycles. The summed E-state index contributed by atoms with van der Waals surface area (Å²) in [5.41, 5.74) is 3.22. The number of carbonyl (C=O) groups excluding carboxylic acids is 1. The van der Waals surface area contributed by atoms with Gasteiger partial charge in [0.1, 0.15) is 12.4 Å². The Morgan fingerprint density at radius 1 is 1.12 bits per heavy atom. The molecule has 0 N–H and O–H groups in total. The van der Waals surface area contributed by atoms with E-state index < -0.39 is 0 Å². The number of benzene rings is 2. The van der Waals surface area contributed by atoms with E-state index in [-0.39, 0.29) is 10.9 Å². The van der Waals surface area contributed by atoms with Gasteiger partial charge >= 0.3 is 0 Å². The molecule has 0 radical (unpaired) electrons. The molecule has 2 aromatic carbocycles. The van der Waals surface area contributed by atoms with Gasteiger partial charge in [0.15, 0.2) is 0 Å². The lowest BCUT2D eigenvalue weighted by Crippen LogP contribution is -2.37. The van der Waals surface area contributed by atoms with Crippen molar-refractivity contribution in [1.82, 2.24) is 9.47 Å². The predicted octanol–water partition coefficient (Wildman–Crippen LogP) is 4.84. The highest BCUT2D eigenvalue weighted by atomic mass is 35.5. The first kappa shape index (κ1) is 24.0. The van der Waals surface area contributed by atoms with E-state index >= 15 is 0 Å². The van der Waals surface area contributed by atoms with E-state index in [1.54, 1.807) is 29.9 Å². The quantitative estimate of drug-likeness (QED) is 0.422. The van der Waals surface area contributed by atoms with Crippen LogP contribution < -0.4 is 4.74 Å². The fraction of sp³-hybridized carbons (Fsp3) is 0.400. The second kappa shape index (κ2) is 10.9. The first-order valence-corrected chi connectivity index (χ1v) is 11.8. The third-order valence-corrected chi connectivity index (χ3v) is 6.85. The van der Waals surface area contributed by atoms with Crippen molar-refractivity contribution >= 4 is 40.0 Å². The average molecular weight is 491 g/mol. The molecule has 0 spiro atoms. The van der Waals surface area contributed by atoms with Crippen molar-refractivity contribution in [1.29, 1.82) is 0 Å². The number of halogens is 2. The number of hydrogen-bond acceptors (Lipinski definition) is 5. The van der Waals surface area contributed by atoms with Crippen molar-refractivity contribution in [2.24, 2.45) is 0 Å². The lowest BCUT2D eigenvalue weighted by Gasteiger charge is -2.26. The van der Waals surface area contributed by atoms with E-state index in [1.165, 1.54) is 0 Å². The molecule has 4 rings (SSSR count). The maximum absolute atomic E-state index is 13.6. The SMILES string of the molecule is COCCOc1ccc2c(c1)c(CCN1CCOCC1)c(C)n2C(=O)c1cccc(Cl)c1Cl. The number of nitrogens with zero attached hydrogens (tertiary/aromatic N) is 2. The van der Waals surface area contributed by atoms with Crippen LogP contribution in [-0.4, -0.2) is 68.5 Å². The number of fused-ring (bicyclic) bond motifs is 1. The van der Waals surface area contributed by atoms with Gasteiger partial charge in [-0.2, -0.15) is 0 Å². The predicted molar refractivity (Wildman–Crippen MR) is 131 cm³/mol. The Kier molecular flexibility index (Phi) is 7.94. The fourth-order valence-electron chi connectivity index (χ4n) is 4.26. The maximum Gasteiger partial charge on any atom is 0.264 e. The number of hydrogen-bond donors (Lipinski definition) is 0. The molecule has 1 fully saturated rings. The molecule has 0 bridgehead atoms. The number of morpholine rings is 1. The number of carbonyl (C=O) groups is 1. The van der Waals surface area contributed by atoms with Crippen molar-refractivity contribution in [2.75, 3.05) is 53.2 Å². The second-order valence-electron chi connectivity index (χ2n) is 8.03. The molecule has 1 saturated heterocycles. The molecule has 8 heteroatoms. The minimum absolute atomic E-state index is 0.198. The van der Waals surface area contributed by atoms with Crippen molar-refractivity contribution in [3.8, 4) is 5.75 Å². The van der Waals surface area contributed by atoms with Gasteiger partial charge < -0.3 is 14.2 Å². The summed E-state index contributed by atoms with van der Waals surface area (Å²) < 4.78 is 18.2. The largest absolute Gasteiger partial charge is 0.491 e. The van der Waals surface area contributed by atoms with Gasteiger partial charge in [-0.15, -0.1) is 0 Å². The van der Waals surface area contributed by atoms with Crippen LogP contribution in [-0.2, 0) is 15.9 Å². The summed E-state index contributed by atoms with van der Waals surface area (Å²) in [6.45, 7) is 7.18. The zero-order chi connectivity index (χ0) is 23.4. The van der Waals surface area contributed by atoms with E-state index in [9.17, 15) is 4.79 Å². The van der Waals surface area contributed by atoms with E-state index in [0.29, 0.717) is 23.8 Å². The van der Waals surface area contributed by atoms with Crippen LogP contribution in [0.2, 0.25) is 10.0 Å². The van der Waals surface area contributed by atoms with Crippen LogP contribution in [0.4, 0.5) is 0 Å². The molecule has 1 aliphatic heterocycles. The molecule has 0 amide bonds. The molecule has 0 saturated carbocycles. The Balaban J connectivity index is 1.74. The number of aromatic nitrogens is 1. The van der Waals surface area contributed by atoms with Crippen LogP contribution in [0.15, 0.2) is 36.4 Å². The van der Waals surface area contributed by atoms with Gasteiger partial charge in [-0.3, -0.25) is 14.3 Å². The van der Waals surface area contributed by atoms with Crippen LogP contribution in [0.1, 0.15) is 21.6 Å². The summed E-state index contributed by atoms with van der Waals surface area (Å²) in [6, 6.07) is 10.9. The first-order chi connectivity index (χ1) is 16.0. The van der Waals surface area contributed by atoms with Crippen LogP contribution in [0.25, 0.3) is 10.9 Å². The lowest BCUT2D eigenvalue weighted by molar-refractivity contribution is 0.0384. The normalized spacial score (nSPS) is 14.7. The van der Waals surface area contributed by atoms with Gasteiger partial charge in [0.25, 0.3) is 5.91 Å². The lowest BCUT2D eigenvalue weighted by atomic mass is 10.1. The summed E-state index contributed by atoms with van der Waals surface area (Å²) in [6.07, 6.45) is 0.813. The van der Waals surface area contributed by atoms with Gasteiger partial charge in [0, 0.05) is 37.8 Å². The topological polar surface area (TPSA) is 52.9 Å². The summed E-state index contributed by atoms with van der Waals surface area (Å²) in [5.74, 6) is 0.549. The van der Waals surface area contributed by atoms with Gasteiger partial charge in [-0.05, 0) is 49.2 Å². The van der Waals surface area contributed by atoms with E-state index in [2.05, 4.69) is 4.90 Å². The minimum atomic E-state index is -0.198. The molecular weight excluding hydrogens is 463 g/mol. The Labute approximate surface area is 203 Å². The van der Waals surface area contributed by atoms with Crippen molar-refractivity contribution < 1.29 is 19.0 Å².